The molecule has 0 radical (unpaired) electrons. The van der Waals surface area contributed by atoms with Gasteiger partial charge >= 0.3 is 5.97 Å². The van der Waals surface area contributed by atoms with E-state index in [2.05, 4.69) is 5.32 Å². The van der Waals surface area contributed by atoms with Crippen LogP contribution in [0, 0.1) is 10.1 Å². The molecule has 0 saturated heterocycles. The third kappa shape index (κ3) is 2.64. The van der Waals surface area contributed by atoms with E-state index < -0.39 is 16.8 Å². The SMILES string of the molecule is O=C(Nc1ccc([N+](=O)[O-])cc1C(=O)O)c1ccco1. The van der Waals surface area contributed by atoms with E-state index in [1.807, 2.05) is 0 Å². The van der Waals surface area contributed by atoms with Gasteiger partial charge in [-0.1, -0.05) is 0 Å². The Labute approximate surface area is 111 Å². The van der Waals surface area contributed by atoms with Crippen molar-refractivity contribution in [3.63, 3.8) is 0 Å². The standard InChI is InChI=1S/C12H8N2O6/c15-11(10-2-1-5-20-10)13-9-4-3-7(14(18)19)6-8(9)12(16)17/h1-6H,(H,13,15)(H,16,17). The molecule has 0 spiro atoms. The van der Waals surface area contributed by atoms with Crippen molar-refractivity contribution in [2.75, 3.05) is 5.32 Å². The number of anilines is 1. The van der Waals surface area contributed by atoms with Crippen LogP contribution in [0.25, 0.3) is 0 Å². The van der Waals surface area contributed by atoms with Gasteiger partial charge in [0.1, 0.15) is 0 Å². The zero-order valence-electron chi connectivity index (χ0n) is 9.90. The number of nitro benzene ring substituents is 1. The van der Waals surface area contributed by atoms with Crippen LogP contribution in [0.3, 0.4) is 0 Å². The lowest BCUT2D eigenvalue weighted by molar-refractivity contribution is -0.384. The molecule has 1 amide bonds. The second-order valence-corrected chi connectivity index (χ2v) is 3.72. The number of hydrogen-bond donors (Lipinski definition) is 2. The number of carboxylic acids is 1. The number of non-ortho nitro benzene ring substituents is 1. The first kappa shape index (κ1) is 13.3. The predicted octanol–water partition coefficient (Wildman–Crippen LogP) is 2.14. The van der Waals surface area contributed by atoms with Crippen LogP contribution >= 0.6 is 0 Å². The van der Waals surface area contributed by atoms with Gasteiger partial charge < -0.3 is 14.8 Å². The molecule has 0 saturated carbocycles. The largest absolute Gasteiger partial charge is 0.478 e. The zero-order valence-corrected chi connectivity index (χ0v) is 9.90. The van der Waals surface area contributed by atoms with E-state index in [-0.39, 0.29) is 22.7 Å². The van der Waals surface area contributed by atoms with Crippen molar-refractivity contribution in [2.24, 2.45) is 0 Å². The summed E-state index contributed by atoms with van der Waals surface area (Å²) in [6, 6.07) is 6.04. The van der Waals surface area contributed by atoms with Crippen LogP contribution in [-0.2, 0) is 0 Å². The van der Waals surface area contributed by atoms with E-state index in [1.165, 1.54) is 18.4 Å². The first-order chi connectivity index (χ1) is 9.49. The average Bonchev–Trinajstić information content (AvgIpc) is 2.92. The summed E-state index contributed by atoms with van der Waals surface area (Å²) in [6.07, 6.45) is 1.29. The van der Waals surface area contributed by atoms with Gasteiger partial charge in [0.15, 0.2) is 5.76 Å². The van der Waals surface area contributed by atoms with Crippen LogP contribution in [0.4, 0.5) is 11.4 Å². The van der Waals surface area contributed by atoms with Gasteiger partial charge in [0.2, 0.25) is 0 Å². The molecule has 102 valence electrons. The van der Waals surface area contributed by atoms with Crippen LogP contribution in [0.5, 0.6) is 0 Å². The number of carbonyl (C=O) groups is 2. The van der Waals surface area contributed by atoms with Gasteiger partial charge in [-0.15, -0.1) is 0 Å². The van der Waals surface area contributed by atoms with E-state index in [0.29, 0.717) is 0 Å². The number of hydrogen-bond acceptors (Lipinski definition) is 5. The third-order valence-corrected chi connectivity index (χ3v) is 2.44. The van der Waals surface area contributed by atoms with E-state index in [9.17, 15) is 19.7 Å². The smallest absolute Gasteiger partial charge is 0.338 e. The van der Waals surface area contributed by atoms with Gasteiger partial charge in [0, 0.05) is 12.1 Å². The highest BCUT2D eigenvalue weighted by Crippen LogP contribution is 2.22. The summed E-state index contributed by atoms with van der Waals surface area (Å²) in [6.45, 7) is 0. The van der Waals surface area contributed by atoms with Crippen molar-refractivity contribution < 1.29 is 24.0 Å². The Morgan fingerprint density at radius 1 is 1.30 bits per heavy atom. The van der Waals surface area contributed by atoms with Gasteiger partial charge in [-0.05, 0) is 18.2 Å². The maximum atomic E-state index is 11.7. The first-order valence-corrected chi connectivity index (χ1v) is 5.35. The molecule has 2 aromatic rings. The number of carbonyl (C=O) groups excluding carboxylic acids is 1. The van der Waals surface area contributed by atoms with Crippen LogP contribution in [0.15, 0.2) is 41.0 Å². The lowest BCUT2D eigenvalue weighted by Crippen LogP contribution is -2.14. The summed E-state index contributed by atoms with van der Waals surface area (Å²) in [7, 11) is 0. The maximum Gasteiger partial charge on any atom is 0.338 e. The minimum Gasteiger partial charge on any atom is -0.478 e. The summed E-state index contributed by atoms with van der Waals surface area (Å²) in [5, 5.41) is 21.9. The van der Waals surface area contributed by atoms with Crippen molar-refractivity contribution in [1.29, 1.82) is 0 Å². The fourth-order valence-corrected chi connectivity index (χ4v) is 1.52. The number of carboxylic acid groups (broad SMARTS) is 1. The highest BCUT2D eigenvalue weighted by Gasteiger charge is 2.18. The minimum absolute atomic E-state index is 0.000286. The molecule has 2 rings (SSSR count). The molecular weight excluding hydrogens is 268 g/mol. The molecule has 1 aromatic heterocycles. The normalized spacial score (nSPS) is 10.0. The lowest BCUT2D eigenvalue weighted by Gasteiger charge is -2.06. The molecule has 0 bridgehead atoms. The van der Waals surface area contributed by atoms with Gasteiger partial charge in [0.25, 0.3) is 11.6 Å². The summed E-state index contributed by atoms with van der Waals surface area (Å²) >= 11 is 0. The molecular formula is C12H8N2O6. The summed E-state index contributed by atoms with van der Waals surface area (Å²) < 4.78 is 4.86. The van der Waals surface area contributed by atoms with E-state index in [1.54, 1.807) is 0 Å². The molecule has 8 heteroatoms. The number of nitro groups is 1. The summed E-state index contributed by atoms with van der Waals surface area (Å²) in [5.74, 6) is -2.03. The highest BCUT2D eigenvalue weighted by molar-refractivity contribution is 6.06. The van der Waals surface area contributed by atoms with Crippen LogP contribution in [0.1, 0.15) is 20.9 Å². The van der Waals surface area contributed by atoms with Gasteiger partial charge in [0.05, 0.1) is 22.4 Å². The average molecular weight is 276 g/mol. The van der Waals surface area contributed by atoms with Gasteiger partial charge in [-0.2, -0.15) is 0 Å². The molecule has 1 aromatic carbocycles. The quantitative estimate of drug-likeness (QED) is 0.651. The van der Waals surface area contributed by atoms with E-state index >= 15 is 0 Å². The number of aromatic carboxylic acids is 1. The number of benzene rings is 1. The minimum atomic E-state index is -1.39. The van der Waals surface area contributed by atoms with Crippen LogP contribution < -0.4 is 5.32 Å². The lowest BCUT2D eigenvalue weighted by atomic mass is 10.1. The van der Waals surface area contributed by atoms with E-state index in [0.717, 1.165) is 18.2 Å². The molecule has 2 N–H and O–H groups in total. The van der Waals surface area contributed by atoms with Gasteiger partial charge in [-0.3, -0.25) is 14.9 Å². The number of furan rings is 1. The van der Waals surface area contributed by atoms with Crippen LogP contribution in [0.2, 0.25) is 0 Å². The third-order valence-electron chi connectivity index (χ3n) is 2.44. The zero-order chi connectivity index (χ0) is 14.7. The number of nitrogens with one attached hydrogen (secondary N) is 1. The molecule has 0 aliphatic carbocycles. The highest BCUT2D eigenvalue weighted by atomic mass is 16.6. The molecule has 1 heterocycles. The molecule has 0 aliphatic rings. The van der Waals surface area contributed by atoms with Crippen LogP contribution in [-0.4, -0.2) is 21.9 Å². The topological polar surface area (TPSA) is 123 Å². The number of rotatable bonds is 4. The molecule has 0 unspecified atom stereocenters. The Balaban J connectivity index is 2.34. The first-order valence-electron chi connectivity index (χ1n) is 5.35. The van der Waals surface area contributed by atoms with Crippen molar-refractivity contribution in [3.05, 3.63) is 58.0 Å². The maximum absolute atomic E-state index is 11.7. The Kier molecular flexibility index (Phi) is 3.47. The Morgan fingerprint density at radius 3 is 2.60 bits per heavy atom. The second-order valence-electron chi connectivity index (χ2n) is 3.72. The predicted molar refractivity (Wildman–Crippen MR) is 66.7 cm³/mol. The van der Waals surface area contributed by atoms with Crippen molar-refractivity contribution in [1.82, 2.24) is 0 Å². The second kappa shape index (κ2) is 5.22. The fourth-order valence-electron chi connectivity index (χ4n) is 1.52. The monoisotopic (exact) mass is 276 g/mol. The van der Waals surface area contributed by atoms with Crippen molar-refractivity contribution >= 4 is 23.3 Å². The van der Waals surface area contributed by atoms with Crippen molar-refractivity contribution in [3.8, 4) is 0 Å². The Bertz CT molecular complexity index is 677. The Hall–Kier alpha value is -3.16. The molecule has 0 aliphatic heterocycles. The molecule has 20 heavy (non-hydrogen) atoms. The van der Waals surface area contributed by atoms with Crippen molar-refractivity contribution in [2.45, 2.75) is 0 Å². The van der Waals surface area contributed by atoms with E-state index in [4.69, 9.17) is 9.52 Å². The fraction of sp³-hybridized carbons (Fsp3) is 0. The molecule has 0 atom stereocenters. The Morgan fingerprint density at radius 2 is 2.05 bits per heavy atom. The summed E-state index contributed by atoms with van der Waals surface area (Å²) in [5.41, 5.74) is -0.804. The molecule has 0 fully saturated rings. The molecule has 8 nitrogen and oxygen atoms in total. The number of amides is 1. The van der Waals surface area contributed by atoms with Gasteiger partial charge in [-0.25, -0.2) is 4.79 Å². The summed E-state index contributed by atoms with van der Waals surface area (Å²) in [4.78, 5) is 32.7. The number of nitrogens with zero attached hydrogens (tertiary/aromatic N) is 1.